The third kappa shape index (κ3) is 3.17. The highest BCUT2D eigenvalue weighted by Gasteiger charge is 2.16. The van der Waals surface area contributed by atoms with E-state index in [-0.39, 0.29) is 5.69 Å². The Hall–Kier alpha value is -3.41. The minimum Gasteiger partial charge on any atom is -0.384 e. The molecule has 0 fully saturated rings. The molecule has 24 heavy (non-hydrogen) atoms. The molecule has 6 nitrogen and oxygen atoms in total. The number of pyridine rings is 1. The maximum atomic E-state index is 11.3. The molecule has 2 aromatic carbocycles. The lowest BCUT2D eigenvalue weighted by Gasteiger charge is -2.11. The molecule has 0 unspecified atom stereocenters. The molecule has 3 rings (SSSR count). The predicted octanol–water partition coefficient (Wildman–Crippen LogP) is 4.29. The molecule has 6 heteroatoms. The summed E-state index contributed by atoms with van der Waals surface area (Å²) in [6, 6.07) is 18.1. The van der Waals surface area contributed by atoms with E-state index in [1.165, 1.54) is 6.07 Å². The Balaban J connectivity index is 2.05. The van der Waals surface area contributed by atoms with Gasteiger partial charge in [-0.2, -0.15) is 0 Å². The Labute approximate surface area is 139 Å². The first-order valence-electron chi connectivity index (χ1n) is 7.38. The Bertz CT molecular complexity index is 895. The van der Waals surface area contributed by atoms with Crippen molar-refractivity contribution in [3.63, 3.8) is 0 Å². The number of anilines is 3. The average Bonchev–Trinajstić information content (AvgIpc) is 2.58. The van der Waals surface area contributed by atoms with Crippen LogP contribution < -0.4 is 11.1 Å². The third-order valence-electron chi connectivity index (χ3n) is 3.68. The van der Waals surface area contributed by atoms with E-state index in [0.29, 0.717) is 22.9 Å². The number of hydrogen-bond acceptors (Lipinski definition) is 5. The Kier molecular flexibility index (Phi) is 4.11. The van der Waals surface area contributed by atoms with Crippen molar-refractivity contribution in [3.05, 3.63) is 76.5 Å². The Morgan fingerprint density at radius 3 is 2.42 bits per heavy atom. The van der Waals surface area contributed by atoms with Gasteiger partial charge in [-0.1, -0.05) is 30.3 Å². The zero-order chi connectivity index (χ0) is 17.1. The standard InChI is InChI=1S/C18H16N4O2/c1-12-15(8-10-18(19)20-12)21-16-11-14(7-9-17(16)22(23)24)13-5-3-2-4-6-13/h2-11,21H,1H3,(H2,19,20). The minimum absolute atomic E-state index is 0.00547. The number of nitro benzene ring substituents is 1. The van der Waals surface area contributed by atoms with Crippen molar-refractivity contribution in [1.29, 1.82) is 0 Å². The van der Waals surface area contributed by atoms with Gasteiger partial charge in [-0.05, 0) is 42.3 Å². The molecule has 0 saturated heterocycles. The van der Waals surface area contributed by atoms with Crippen LogP contribution in [-0.4, -0.2) is 9.91 Å². The van der Waals surface area contributed by atoms with Crippen molar-refractivity contribution in [2.24, 2.45) is 0 Å². The maximum absolute atomic E-state index is 11.3. The number of nitrogens with one attached hydrogen (secondary N) is 1. The van der Waals surface area contributed by atoms with Gasteiger partial charge in [0, 0.05) is 6.07 Å². The van der Waals surface area contributed by atoms with Crippen LogP contribution in [0.3, 0.4) is 0 Å². The van der Waals surface area contributed by atoms with E-state index in [1.54, 1.807) is 31.2 Å². The van der Waals surface area contributed by atoms with Gasteiger partial charge in [0.15, 0.2) is 0 Å². The van der Waals surface area contributed by atoms with Crippen molar-refractivity contribution in [3.8, 4) is 11.1 Å². The molecular weight excluding hydrogens is 304 g/mol. The Morgan fingerprint density at radius 2 is 1.75 bits per heavy atom. The number of hydrogen-bond donors (Lipinski definition) is 2. The fourth-order valence-electron chi connectivity index (χ4n) is 2.46. The molecule has 0 aliphatic rings. The van der Waals surface area contributed by atoms with E-state index in [1.807, 2.05) is 30.3 Å². The van der Waals surface area contributed by atoms with Crippen LogP contribution in [0.4, 0.5) is 22.9 Å². The number of aromatic nitrogens is 1. The van der Waals surface area contributed by atoms with Gasteiger partial charge in [0.1, 0.15) is 11.5 Å². The van der Waals surface area contributed by atoms with Gasteiger partial charge < -0.3 is 11.1 Å². The van der Waals surface area contributed by atoms with Crippen molar-refractivity contribution in [2.75, 3.05) is 11.1 Å². The summed E-state index contributed by atoms with van der Waals surface area (Å²) in [6.07, 6.45) is 0. The summed E-state index contributed by atoms with van der Waals surface area (Å²) < 4.78 is 0. The van der Waals surface area contributed by atoms with Gasteiger partial charge in [0.05, 0.1) is 16.3 Å². The maximum Gasteiger partial charge on any atom is 0.292 e. The van der Waals surface area contributed by atoms with Gasteiger partial charge in [0.2, 0.25) is 0 Å². The molecule has 3 N–H and O–H groups in total. The third-order valence-corrected chi connectivity index (χ3v) is 3.68. The van der Waals surface area contributed by atoms with E-state index in [4.69, 9.17) is 5.73 Å². The first-order chi connectivity index (χ1) is 11.5. The second kappa shape index (κ2) is 6.37. The smallest absolute Gasteiger partial charge is 0.292 e. The molecule has 0 atom stereocenters. The zero-order valence-electron chi connectivity index (χ0n) is 13.1. The summed E-state index contributed by atoms with van der Waals surface area (Å²) in [5, 5.41) is 14.4. The minimum atomic E-state index is -0.406. The van der Waals surface area contributed by atoms with E-state index < -0.39 is 4.92 Å². The average molecular weight is 320 g/mol. The summed E-state index contributed by atoms with van der Waals surface area (Å²) in [4.78, 5) is 15.1. The molecule has 0 aliphatic carbocycles. The lowest BCUT2D eigenvalue weighted by molar-refractivity contribution is -0.383. The van der Waals surface area contributed by atoms with Crippen molar-refractivity contribution < 1.29 is 4.92 Å². The number of nitrogens with two attached hydrogens (primary N) is 1. The second-order valence-electron chi connectivity index (χ2n) is 5.35. The molecule has 0 aliphatic heterocycles. The largest absolute Gasteiger partial charge is 0.384 e. The first kappa shape index (κ1) is 15.5. The Morgan fingerprint density at radius 1 is 1.00 bits per heavy atom. The molecule has 0 spiro atoms. The molecule has 1 heterocycles. The van der Waals surface area contributed by atoms with Crippen molar-refractivity contribution >= 4 is 22.9 Å². The number of nitrogen functional groups attached to an aromatic ring is 1. The lowest BCUT2D eigenvalue weighted by Crippen LogP contribution is -2.01. The predicted molar refractivity (Wildman–Crippen MR) is 95.2 cm³/mol. The van der Waals surface area contributed by atoms with Crippen LogP contribution in [0.2, 0.25) is 0 Å². The fraction of sp³-hybridized carbons (Fsp3) is 0.0556. The molecule has 1 aromatic heterocycles. The highest BCUT2D eigenvalue weighted by atomic mass is 16.6. The van der Waals surface area contributed by atoms with Crippen molar-refractivity contribution in [1.82, 2.24) is 4.98 Å². The number of nitrogens with zero attached hydrogens (tertiary/aromatic N) is 2. The fourth-order valence-corrected chi connectivity index (χ4v) is 2.46. The summed E-state index contributed by atoms with van der Waals surface area (Å²) >= 11 is 0. The number of benzene rings is 2. The number of rotatable bonds is 4. The molecule has 120 valence electrons. The lowest BCUT2D eigenvalue weighted by atomic mass is 10.0. The summed E-state index contributed by atoms with van der Waals surface area (Å²) in [5.74, 6) is 0.408. The first-order valence-corrected chi connectivity index (χ1v) is 7.38. The van der Waals surface area contributed by atoms with E-state index >= 15 is 0 Å². The van der Waals surface area contributed by atoms with E-state index in [9.17, 15) is 10.1 Å². The normalized spacial score (nSPS) is 10.4. The summed E-state index contributed by atoms with van der Waals surface area (Å²) in [6.45, 7) is 1.80. The molecule has 0 bridgehead atoms. The van der Waals surface area contributed by atoms with Gasteiger partial charge in [-0.15, -0.1) is 0 Å². The van der Waals surface area contributed by atoms with Gasteiger partial charge >= 0.3 is 0 Å². The quantitative estimate of drug-likeness (QED) is 0.552. The molecule has 0 saturated carbocycles. The highest BCUT2D eigenvalue weighted by molar-refractivity contribution is 5.78. The van der Waals surface area contributed by atoms with Gasteiger partial charge in [0.25, 0.3) is 5.69 Å². The molecule has 0 radical (unpaired) electrons. The van der Waals surface area contributed by atoms with Crippen LogP contribution in [0.1, 0.15) is 5.69 Å². The van der Waals surface area contributed by atoms with Crippen LogP contribution >= 0.6 is 0 Å². The zero-order valence-corrected chi connectivity index (χ0v) is 13.1. The number of nitro groups is 1. The van der Waals surface area contributed by atoms with Gasteiger partial charge in [-0.3, -0.25) is 10.1 Å². The van der Waals surface area contributed by atoms with E-state index in [0.717, 1.165) is 11.1 Å². The van der Waals surface area contributed by atoms with Crippen LogP contribution in [0, 0.1) is 17.0 Å². The SMILES string of the molecule is Cc1nc(N)ccc1Nc1cc(-c2ccccc2)ccc1[N+](=O)[O-]. The van der Waals surface area contributed by atoms with Crippen LogP contribution in [0.25, 0.3) is 11.1 Å². The van der Waals surface area contributed by atoms with E-state index in [2.05, 4.69) is 10.3 Å². The highest BCUT2D eigenvalue weighted by Crippen LogP contribution is 2.33. The molecular formula is C18H16N4O2. The van der Waals surface area contributed by atoms with Crippen molar-refractivity contribution in [2.45, 2.75) is 6.92 Å². The van der Waals surface area contributed by atoms with Crippen LogP contribution in [0.15, 0.2) is 60.7 Å². The number of aryl methyl sites for hydroxylation is 1. The van der Waals surface area contributed by atoms with Crippen LogP contribution in [0.5, 0.6) is 0 Å². The molecule has 0 amide bonds. The van der Waals surface area contributed by atoms with Gasteiger partial charge in [-0.25, -0.2) is 4.98 Å². The summed E-state index contributed by atoms with van der Waals surface area (Å²) in [5.41, 5.74) is 9.31. The second-order valence-corrected chi connectivity index (χ2v) is 5.35. The monoisotopic (exact) mass is 320 g/mol. The van der Waals surface area contributed by atoms with Crippen LogP contribution in [-0.2, 0) is 0 Å². The topological polar surface area (TPSA) is 94.1 Å². The molecule has 3 aromatic rings. The summed E-state index contributed by atoms with van der Waals surface area (Å²) in [7, 11) is 0.